The van der Waals surface area contributed by atoms with Crippen LogP contribution in [0.15, 0.2) is 23.2 Å². The van der Waals surface area contributed by atoms with Crippen molar-refractivity contribution < 1.29 is 36.2 Å². The molecule has 0 fully saturated rings. The fourth-order valence-electron chi connectivity index (χ4n) is 2.25. The number of aliphatic imine (C=N–C) groups is 1. The van der Waals surface area contributed by atoms with Crippen LogP contribution in [-0.2, 0) is 11.3 Å². The van der Waals surface area contributed by atoms with Gasteiger partial charge < -0.3 is 24.8 Å². The van der Waals surface area contributed by atoms with Gasteiger partial charge in [0.25, 0.3) is 0 Å². The van der Waals surface area contributed by atoms with E-state index < -0.39 is 19.4 Å². The lowest BCUT2D eigenvalue weighted by molar-refractivity contribution is -0.173. The third kappa shape index (κ3) is 10.7. The van der Waals surface area contributed by atoms with Crippen molar-refractivity contribution in [3.8, 4) is 11.5 Å². The summed E-state index contributed by atoms with van der Waals surface area (Å²) in [7, 11) is 0. The van der Waals surface area contributed by atoms with Crippen molar-refractivity contribution in [1.29, 1.82) is 0 Å². The van der Waals surface area contributed by atoms with Gasteiger partial charge in [-0.2, -0.15) is 22.0 Å². The lowest BCUT2D eigenvalue weighted by Crippen LogP contribution is -2.38. The van der Waals surface area contributed by atoms with E-state index in [1.54, 1.807) is 19.1 Å². The summed E-state index contributed by atoms with van der Waals surface area (Å²) >= 11 is 0. The van der Waals surface area contributed by atoms with Crippen LogP contribution < -0.4 is 20.1 Å². The molecule has 6 nitrogen and oxygen atoms in total. The predicted molar refractivity (Wildman–Crippen MR) is 98.6 cm³/mol. The summed E-state index contributed by atoms with van der Waals surface area (Å²) in [6.45, 7) is 0.378. The number of rotatable bonds is 12. The molecule has 11 heteroatoms. The Morgan fingerprint density at radius 3 is 2.55 bits per heavy atom. The molecule has 0 spiro atoms. The predicted octanol–water partition coefficient (Wildman–Crippen LogP) is 3.71. The quantitative estimate of drug-likeness (QED) is 0.231. The van der Waals surface area contributed by atoms with Gasteiger partial charge in [-0.15, -0.1) is 0 Å². The average Bonchev–Trinajstić information content (AvgIpc) is 2.63. The molecular weight excluding hydrogens is 401 g/mol. The molecule has 1 rings (SSSR count). The maximum Gasteiger partial charge on any atom is 0.411 e. The van der Waals surface area contributed by atoms with Crippen LogP contribution in [0.1, 0.15) is 25.8 Å². The van der Waals surface area contributed by atoms with E-state index in [-0.39, 0.29) is 31.3 Å². The zero-order valence-corrected chi connectivity index (χ0v) is 16.3. The highest BCUT2D eigenvalue weighted by Crippen LogP contribution is 2.33. The first kappa shape index (κ1) is 24.7. The van der Waals surface area contributed by atoms with Crippen LogP contribution in [0, 0.1) is 0 Å². The van der Waals surface area contributed by atoms with Crippen molar-refractivity contribution >= 4 is 5.96 Å². The number of nitrogens with zero attached hydrogens (tertiary/aromatic N) is 1. The molecule has 0 saturated carbocycles. The van der Waals surface area contributed by atoms with Crippen molar-refractivity contribution in [3.05, 3.63) is 23.8 Å². The third-order valence-electron chi connectivity index (χ3n) is 3.34. The van der Waals surface area contributed by atoms with Crippen molar-refractivity contribution in [2.45, 2.75) is 39.6 Å². The van der Waals surface area contributed by atoms with Gasteiger partial charge in [0, 0.05) is 25.3 Å². The van der Waals surface area contributed by atoms with Gasteiger partial charge in [0.1, 0.15) is 6.61 Å². The molecule has 0 aromatic heterocycles. The summed E-state index contributed by atoms with van der Waals surface area (Å²) in [6.07, 6.45) is -4.02. The van der Waals surface area contributed by atoms with Crippen molar-refractivity contribution in [2.75, 3.05) is 32.9 Å². The van der Waals surface area contributed by atoms with Crippen molar-refractivity contribution in [2.24, 2.45) is 4.99 Å². The second kappa shape index (κ2) is 13.0. The lowest BCUT2D eigenvalue weighted by atomic mass is 10.2. The monoisotopic (exact) mass is 427 g/mol. The summed E-state index contributed by atoms with van der Waals surface area (Å²) in [5, 5.41) is 5.91. The molecule has 0 heterocycles. The zero-order valence-electron chi connectivity index (χ0n) is 16.3. The number of para-hydroxylation sites is 1. The van der Waals surface area contributed by atoms with Crippen molar-refractivity contribution in [3.63, 3.8) is 0 Å². The molecule has 166 valence electrons. The second-order valence-electron chi connectivity index (χ2n) is 5.70. The van der Waals surface area contributed by atoms with Gasteiger partial charge in [-0.1, -0.05) is 12.1 Å². The van der Waals surface area contributed by atoms with Gasteiger partial charge in [-0.05, 0) is 26.3 Å². The van der Waals surface area contributed by atoms with Crippen LogP contribution in [0.4, 0.5) is 22.0 Å². The number of halogens is 5. The molecule has 0 atom stereocenters. The maximum atomic E-state index is 12.8. The molecule has 0 radical (unpaired) electrons. The first-order valence-corrected chi connectivity index (χ1v) is 9.13. The number of benzene rings is 1. The fraction of sp³-hybridized carbons (Fsp3) is 0.611. The van der Waals surface area contributed by atoms with Crippen LogP contribution in [0.2, 0.25) is 0 Å². The number of alkyl halides is 5. The largest absolute Gasteiger partial charge is 0.490 e. The van der Waals surface area contributed by atoms with Gasteiger partial charge in [-0.25, -0.2) is 4.99 Å². The molecule has 0 saturated heterocycles. The Morgan fingerprint density at radius 2 is 1.93 bits per heavy atom. The van der Waals surface area contributed by atoms with E-state index in [4.69, 9.17) is 4.74 Å². The molecule has 0 unspecified atom stereocenters. The summed E-state index contributed by atoms with van der Waals surface area (Å²) in [5.41, 5.74) is 0.405. The molecule has 0 aliphatic heterocycles. The Balaban J connectivity index is 2.69. The van der Waals surface area contributed by atoms with E-state index in [0.29, 0.717) is 31.0 Å². The normalized spacial score (nSPS) is 12.2. The highest BCUT2D eigenvalue weighted by atomic mass is 19.4. The molecule has 1 aromatic rings. The van der Waals surface area contributed by atoms with E-state index in [2.05, 4.69) is 25.1 Å². The molecule has 2 N–H and O–H groups in total. The standard InChI is InChI=1S/C18H26F5N3O3/c1-3-24-17(25-9-6-10-27-12-18(21,22)23)26-11-13-7-5-8-14(28-4-2)15(13)29-16(19)20/h5,7-8,16H,3-4,6,9-12H2,1-2H3,(H2,24,25,26). The average molecular weight is 427 g/mol. The molecule has 0 amide bonds. The molecule has 1 aromatic carbocycles. The van der Waals surface area contributed by atoms with Crippen LogP contribution >= 0.6 is 0 Å². The number of hydrogen-bond donors (Lipinski definition) is 2. The number of nitrogens with one attached hydrogen (secondary N) is 2. The molecular formula is C18H26F5N3O3. The fourth-order valence-corrected chi connectivity index (χ4v) is 2.25. The first-order valence-electron chi connectivity index (χ1n) is 9.13. The van der Waals surface area contributed by atoms with Crippen molar-refractivity contribution in [1.82, 2.24) is 10.6 Å². The Morgan fingerprint density at radius 1 is 1.17 bits per heavy atom. The van der Waals surface area contributed by atoms with Gasteiger partial charge in [0.15, 0.2) is 17.5 Å². The Kier molecular flexibility index (Phi) is 11.1. The number of guanidine groups is 1. The molecule has 29 heavy (non-hydrogen) atoms. The SMILES string of the molecule is CCNC(=NCc1cccc(OCC)c1OC(F)F)NCCCOCC(F)(F)F. The Hall–Kier alpha value is -2.30. The summed E-state index contributed by atoms with van der Waals surface area (Å²) < 4.78 is 76.0. The topological polar surface area (TPSA) is 64.1 Å². The molecule has 0 aliphatic carbocycles. The first-order chi connectivity index (χ1) is 13.8. The third-order valence-corrected chi connectivity index (χ3v) is 3.34. The van der Waals surface area contributed by atoms with E-state index in [9.17, 15) is 22.0 Å². The van der Waals surface area contributed by atoms with E-state index in [0.717, 1.165) is 0 Å². The zero-order chi connectivity index (χ0) is 21.7. The van der Waals surface area contributed by atoms with Crippen LogP contribution in [-0.4, -0.2) is 51.7 Å². The van der Waals surface area contributed by atoms with Crippen LogP contribution in [0.3, 0.4) is 0 Å². The smallest absolute Gasteiger partial charge is 0.411 e. The molecule has 0 bridgehead atoms. The lowest BCUT2D eigenvalue weighted by Gasteiger charge is -2.15. The van der Waals surface area contributed by atoms with Crippen LogP contribution in [0.25, 0.3) is 0 Å². The van der Waals surface area contributed by atoms with Gasteiger partial charge in [0.05, 0.1) is 13.2 Å². The highest BCUT2D eigenvalue weighted by molar-refractivity contribution is 5.79. The van der Waals surface area contributed by atoms with E-state index in [1.165, 1.54) is 6.07 Å². The summed E-state index contributed by atoms with van der Waals surface area (Å²) in [4.78, 5) is 4.30. The van der Waals surface area contributed by atoms with E-state index >= 15 is 0 Å². The Bertz CT molecular complexity index is 627. The maximum absolute atomic E-state index is 12.8. The number of ether oxygens (including phenoxy) is 3. The Labute approximate surface area is 166 Å². The van der Waals surface area contributed by atoms with Crippen LogP contribution in [0.5, 0.6) is 11.5 Å². The van der Waals surface area contributed by atoms with Gasteiger partial charge >= 0.3 is 12.8 Å². The minimum Gasteiger partial charge on any atom is -0.490 e. The highest BCUT2D eigenvalue weighted by Gasteiger charge is 2.27. The van der Waals surface area contributed by atoms with Gasteiger partial charge in [0.2, 0.25) is 0 Å². The molecule has 0 aliphatic rings. The second-order valence-corrected chi connectivity index (χ2v) is 5.70. The van der Waals surface area contributed by atoms with Gasteiger partial charge in [-0.3, -0.25) is 0 Å². The minimum absolute atomic E-state index is 0.0306. The number of hydrogen-bond acceptors (Lipinski definition) is 4. The minimum atomic E-state index is -4.35. The summed E-state index contributed by atoms with van der Waals surface area (Å²) in [5.74, 6) is 0.498. The van der Waals surface area contributed by atoms with E-state index in [1.807, 2.05) is 6.92 Å². The summed E-state index contributed by atoms with van der Waals surface area (Å²) in [6, 6.07) is 4.77.